The maximum absolute atomic E-state index is 5.88. The lowest BCUT2D eigenvalue weighted by Gasteiger charge is -2.31. The second kappa shape index (κ2) is 4.87. The molecule has 2 saturated heterocycles. The van der Waals surface area contributed by atoms with Gasteiger partial charge in [0.25, 0.3) is 0 Å². The zero-order valence-corrected chi connectivity index (χ0v) is 11.9. The van der Waals surface area contributed by atoms with E-state index in [1.807, 2.05) is 0 Å². The number of rotatable bonds is 2. The van der Waals surface area contributed by atoms with Crippen molar-refractivity contribution in [2.75, 3.05) is 19.7 Å². The summed E-state index contributed by atoms with van der Waals surface area (Å²) in [5, 5.41) is 7.61. The van der Waals surface area contributed by atoms with Gasteiger partial charge in [0.05, 0.1) is 5.41 Å². The number of hydrogen-bond acceptors (Lipinski definition) is 5. The van der Waals surface area contributed by atoms with Gasteiger partial charge in [0, 0.05) is 13.2 Å². The Hall–Kier alpha value is -0.940. The lowest BCUT2D eigenvalue weighted by molar-refractivity contribution is -0.0770. The summed E-state index contributed by atoms with van der Waals surface area (Å²) in [4.78, 5) is 4.66. The van der Waals surface area contributed by atoms with E-state index in [-0.39, 0.29) is 11.0 Å². The lowest BCUT2D eigenvalue weighted by atomic mass is 9.82. The fourth-order valence-electron chi connectivity index (χ4n) is 3.03. The van der Waals surface area contributed by atoms with E-state index < -0.39 is 0 Å². The van der Waals surface area contributed by atoms with E-state index in [9.17, 15) is 0 Å². The monoisotopic (exact) mass is 265 g/mol. The SMILES string of the molecule is CC1(c2nc(C3(C)CCCCO3)no2)CCCNC1. The highest BCUT2D eigenvalue weighted by molar-refractivity contribution is 5.09. The van der Waals surface area contributed by atoms with E-state index in [4.69, 9.17) is 9.26 Å². The first-order valence-corrected chi connectivity index (χ1v) is 7.32. The third-order valence-corrected chi connectivity index (χ3v) is 4.48. The van der Waals surface area contributed by atoms with Gasteiger partial charge in [0.2, 0.25) is 11.7 Å². The molecule has 0 saturated carbocycles. The zero-order valence-electron chi connectivity index (χ0n) is 11.9. The summed E-state index contributed by atoms with van der Waals surface area (Å²) >= 11 is 0. The largest absolute Gasteiger partial charge is 0.367 e. The summed E-state index contributed by atoms with van der Waals surface area (Å²) in [6.07, 6.45) is 5.52. The highest BCUT2D eigenvalue weighted by atomic mass is 16.5. The van der Waals surface area contributed by atoms with Crippen LogP contribution in [0.5, 0.6) is 0 Å². The van der Waals surface area contributed by atoms with Crippen LogP contribution in [0.15, 0.2) is 4.52 Å². The van der Waals surface area contributed by atoms with Gasteiger partial charge in [-0.05, 0) is 52.5 Å². The van der Waals surface area contributed by atoms with E-state index in [1.54, 1.807) is 0 Å². The molecule has 2 aliphatic rings. The fraction of sp³-hybridized carbons (Fsp3) is 0.857. The van der Waals surface area contributed by atoms with Gasteiger partial charge in [0.15, 0.2) is 0 Å². The average molecular weight is 265 g/mol. The molecule has 0 amide bonds. The molecule has 0 aliphatic carbocycles. The van der Waals surface area contributed by atoms with Crippen molar-refractivity contribution >= 4 is 0 Å². The summed E-state index contributed by atoms with van der Waals surface area (Å²) in [5.41, 5.74) is -0.396. The van der Waals surface area contributed by atoms with Crippen LogP contribution in [0, 0.1) is 0 Å². The molecule has 2 fully saturated rings. The second-order valence-corrected chi connectivity index (χ2v) is 6.30. The highest BCUT2D eigenvalue weighted by Crippen LogP contribution is 2.35. The Morgan fingerprint density at radius 3 is 2.74 bits per heavy atom. The molecule has 19 heavy (non-hydrogen) atoms. The lowest BCUT2D eigenvalue weighted by Crippen LogP contribution is -2.41. The van der Waals surface area contributed by atoms with Gasteiger partial charge in [-0.15, -0.1) is 0 Å². The van der Waals surface area contributed by atoms with Gasteiger partial charge in [-0.1, -0.05) is 5.16 Å². The van der Waals surface area contributed by atoms with E-state index in [0.717, 1.165) is 51.3 Å². The minimum atomic E-state index is -0.363. The number of hydrogen-bond donors (Lipinski definition) is 1. The third kappa shape index (κ3) is 2.41. The summed E-state index contributed by atoms with van der Waals surface area (Å²) < 4.78 is 11.4. The van der Waals surface area contributed by atoms with Crippen LogP contribution in [0.1, 0.15) is 57.7 Å². The molecule has 2 aliphatic heterocycles. The Labute approximate surface area is 114 Å². The maximum atomic E-state index is 5.88. The van der Waals surface area contributed by atoms with Crippen molar-refractivity contribution in [3.63, 3.8) is 0 Å². The Morgan fingerprint density at radius 2 is 2.05 bits per heavy atom. The van der Waals surface area contributed by atoms with E-state index in [1.165, 1.54) is 6.42 Å². The molecule has 0 aromatic carbocycles. The van der Waals surface area contributed by atoms with Crippen LogP contribution in [-0.4, -0.2) is 29.8 Å². The molecule has 2 atom stereocenters. The first-order valence-electron chi connectivity index (χ1n) is 7.32. The van der Waals surface area contributed by atoms with Crippen molar-refractivity contribution in [3.05, 3.63) is 11.7 Å². The molecule has 106 valence electrons. The number of nitrogens with one attached hydrogen (secondary N) is 1. The van der Waals surface area contributed by atoms with Crippen LogP contribution in [0.4, 0.5) is 0 Å². The third-order valence-electron chi connectivity index (χ3n) is 4.48. The van der Waals surface area contributed by atoms with Gasteiger partial charge < -0.3 is 14.6 Å². The molecule has 3 heterocycles. The number of ether oxygens (including phenoxy) is 1. The smallest absolute Gasteiger partial charge is 0.233 e. The van der Waals surface area contributed by atoms with Crippen LogP contribution in [0.25, 0.3) is 0 Å². The van der Waals surface area contributed by atoms with Crippen LogP contribution in [-0.2, 0) is 15.8 Å². The number of piperidine rings is 1. The molecular formula is C14H23N3O2. The molecular weight excluding hydrogens is 242 g/mol. The van der Waals surface area contributed by atoms with Crippen molar-refractivity contribution in [1.82, 2.24) is 15.5 Å². The van der Waals surface area contributed by atoms with Crippen molar-refractivity contribution in [2.24, 2.45) is 0 Å². The molecule has 3 rings (SSSR count). The summed E-state index contributed by atoms with van der Waals surface area (Å²) in [6.45, 7) is 7.05. The van der Waals surface area contributed by atoms with E-state index in [2.05, 4.69) is 29.3 Å². The van der Waals surface area contributed by atoms with Crippen LogP contribution in [0.3, 0.4) is 0 Å². The van der Waals surface area contributed by atoms with Gasteiger partial charge >= 0.3 is 0 Å². The Balaban J connectivity index is 1.82. The minimum Gasteiger partial charge on any atom is -0.367 e. The van der Waals surface area contributed by atoms with Crippen molar-refractivity contribution < 1.29 is 9.26 Å². The molecule has 5 nitrogen and oxygen atoms in total. The number of nitrogens with zero attached hydrogens (tertiary/aromatic N) is 2. The van der Waals surface area contributed by atoms with Crippen molar-refractivity contribution in [1.29, 1.82) is 0 Å². The first kappa shape index (κ1) is 13.1. The first-order chi connectivity index (χ1) is 9.12. The highest BCUT2D eigenvalue weighted by Gasteiger charge is 2.39. The van der Waals surface area contributed by atoms with Crippen LogP contribution in [0.2, 0.25) is 0 Å². The average Bonchev–Trinajstić information content (AvgIpc) is 2.91. The molecule has 1 aromatic rings. The van der Waals surface area contributed by atoms with Crippen LogP contribution >= 0.6 is 0 Å². The molecule has 1 aromatic heterocycles. The second-order valence-electron chi connectivity index (χ2n) is 6.30. The van der Waals surface area contributed by atoms with Crippen molar-refractivity contribution in [3.8, 4) is 0 Å². The maximum Gasteiger partial charge on any atom is 0.233 e. The van der Waals surface area contributed by atoms with E-state index in [0.29, 0.717) is 5.82 Å². The minimum absolute atomic E-state index is 0.0332. The number of aromatic nitrogens is 2. The fourth-order valence-corrected chi connectivity index (χ4v) is 3.03. The van der Waals surface area contributed by atoms with Gasteiger partial charge in [-0.3, -0.25) is 0 Å². The molecule has 2 unspecified atom stereocenters. The molecule has 0 radical (unpaired) electrons. The summed E-state index contributed by atoms with van der Waals surface area (Å²) in [5.74, 6) is 1.47. The molecule has 1 N–H and O–H groups in total. The van der Waals surface area contributed by atoms with E-state index >= 15 is 0 Å². The summed E-state index contributed by atoms with van der Waals surface area (Å²) in [6, 6.07) is 0. The molecule has 0 bridgehead atoms. The Bertz CT molecular complexity index is 393. The molecule has 0 spiro atoms. The van der Waals surface area contributed by atoms with Gasteiger partial charge in [0.1, 0.15) is 5.60 Å². The standard InChI is InChI=1S/C14H23N3O2/c1-13(6-5-8-15-10-13)12-16-11(17-19-12)14(2)7-3-4-9-18-14/h15H,3-10H2,1-2H3. The quantitative estimate of drug-likeness (QED) is 0.887. The Kier molecular flexibility index (Phi) is 3.35. The summed E-state index contributed by atoms with van der Waals surface area (Å²) in [7, 11) is 0. The Morgan fingerprint density at radius 1 is 1.16 bits per heavy atom. The molecule has 5 heteroatoms. The normalized spacial score (nSPS) is 36.3. The predicted octanol–water partition coefficient (Wildman–Crippen LogP) is 2.13. The van der Waals surface area contributed by atoms with Crippen LogP contribution < -0.4 is 5.32 Å². The topological polar surface area (TPSA) is 60.2 Å². The van der Waals surface area contributed by atoms with Gasteiger partial charge in [-0.2, -0.15) is 4.98 Å². The van der Waals surface area contributed by atoms with Crippen molar-refractivity contribution in [2.45, 2.75) is 57.0 Å². The van der Waals surface area contributed by atoms with Gasteiger partial charge in [-0.25, -0.2) is 0 Å². The predicted molar refractivity (Wildman–Crippen MR) is 70.9 cm³/mol. The zero-order chi connectivity index (χ0) is 13.3.